The van der Waals surface area contributed by atoms with Crippen LogP contribution in [0.5, 0.6) is 0 Å². The normalized spacial score (nSPS) is 11.0. The highest BCUT2D eigenvalue weighted by Gasteiger charge is 2.04. The molecule has 0 aliphatic carbocycles. The number of aromatic nitrogens is 1. The molecule has 2 N–H and O–H groups in total. The van der Waals surface area contributed by atoms with E-state index in [4.69, 9.17) is 5.73 Å². The monoisotopic (exact) mass is 250 g/mol. The average Bonchev–Trinajstić information content (AvgIpc) is 2.83. The van der Waals surface area contributed by atoms with Gasteiger partial charge in [-0.3, -0.25) is 0 Å². The molecule has 0 spiro atoms. The van der Waals surface area contributed by atoms with Gasteiger partial charge in [0.05, 0.1) is 0 Å². The standard InChI is InChI=1S/C17H18N2/c1-13-5-4-8-17-15(13)10-12-19(17)11-9-14-6-2-3-7-16(14)18/h2-8,10,12H,9,11,18H2,1H3. The minimum Gasteiger partial charge on any atom is -0.399 e. The first-order chi connectivity index (χ1) is 9.25. The lowest BCUT2D eigenvalue weighted by Gasteiger charge is -2.08. The second kappa shape index (κ2) is 4.81. The van der Waals surface area contributed by atoms with Crippen LogP contribution >= 0.6 is 0 Å². The first-order valence-corrected chi connectivity index (χ1v) is 6.63. The van der Waals surface area contributed by atoms with Crippen molar-refractivity contribution in [2.75, 3.05) is 5.73 Å². The van der Waals surface area contributed by atoms with Gasteiger partial charge in [-0.1, -0.05) is 30.3 Å². The maximum atomic E-state index is 5.99. The van der Waals surface area contributed by atoms with E-state index in [9.17, 15) is 0 Å². The van der Waals surface area contributed by atoms with Crippen molar-refractivity contribution >= 4 is 16.6 Å². The predicted molar refractivity (Wildman–Crippen MR) is 81.2 cm³/mol. The third-order valence-corrected chi connectivity index (χ3v) is 3.71. The SMILES string of the molecule is Cc1cccc2c1ccn2CCc1ccccc1N. The van der Waals surface area contributed by atoms with Crippen LogP contribution in [0.15, 0.2) is 54.7 Å². The molecule has 0 aliphatic heterocycles. The Labute approximate surface area is 113 Å². The van der Waals surface area contributed by atoms with Gasteiger partial charge in [0.15, 0.2) is 0 Å². The van der Waals surface area contributed by atoms with E-state index in [1.54, 1.807) is 0 Å². The summed E-state index contributed by atoms with van der Waals surface area (Å²) in [4.78, 5) is 0. The molecule has 0 aliphatic rings. The highest BCUT2D eigenvalue weighted by molar-refractivity contribution is 5.83. The quantitative estimate of drug-likeness (QED) is 0.705. The van der Waals surface area contributed by atoms with Crippen LogP contribution < -0.4 is 5.73 Å². The van der Waals surface area contributed by atoms with E-state index in [0.29, 0.717) is 0 Å². The van der Waals surface area contributed by atoms with E-state index >= 15 is 0 Å². The molecule has 0 amide bonds. The molecule has 96 valence electrons. The Morgan fingerprint density at radius 1 is 1.00 bits per heavy atom. The van der Waals surface area contributed by atoms with Crippen LogP contribution in [0, 0.1) is 6.92 Å². The molecule has 1 aromatic heterocycles. The number of nitrogens with zero attached hydrogens (tertiary/aromatic N) is 1. The molecule has 2 nitrogen and oxygen atoms in total. The van der Waals surface area contributed by atoms with Gasteiger partial charge in [-0.2, -0.15) is 0 Å². The zero-order chi connectivity index (χ0) is 13.2. The Hall–Kier alpha value is -2.22. The lowest BCUT2D eigenvalue weighted by atomic mass is 10.1. The Balaban J connectivity index is 1.87. The second-order valence-electron chi connectivity index (χ2n) is 4.97. The lowest BCUT2D eigenvalue weighted by Crippen LogP contribution is -2.02. The molecule has 3 aromatic rings. The Morgan fingerprint density at radius 3 is 2.68 bits per heavy atom. The molecule has 0 saturated heterocycles. The lowest BCUT2D eigenvalue weighted by molar-refractivity contribution is 0.724. The molecule has 2 heteroatoms. The van der Waals surface area contributed by atoms with Crippen molar-refractivity contribution < 1.29 is 0 Å². The molecule has 0 unspecified atom stereocenters. The van der Waals surface area contributed by atoms with E-state index in [-0.39, 0.29) is 0 Å². The summed E-state index contributed by atoms with van der Waals surface area (Å²) in [6, 6.07) is 16.7. The van der Waals surface area contributed by atoms with E-state index in [0.717, 1.165) is 18.7 Å². The fraction of sp³-hybridized carbons (Fsp3) is 0.176. The van der Waals surface area contributed by atoms with Gasteiger partial charge < -0.3 is 10.3 Å². The number of aryl methyl sites for hydroxylation is 3. The maximum absolute atomic E-state index is 5.99. The summed E-state index contributed by atoms with van der Waals surface area (Å²) in [7, 11) is 0. The van der Waals surface area contributed by atoms with Crippen LogP contribution in [0.25, 0.3) is 10.9 Å². The van der Waals surface area contributed by atoms with Gasteiger partial charge in [0.25, 0.3) is 0 Å². The number of nitrogen functional groups attached to an aromatic ring is 1. The summed E-state index contributed by atoms with van der Waals surface area (Å²) in [6.45, 7) is 3.11. The average molecular weight is 250 g/mol. The molecule has 3 rings (SSSR count). The Bertz CT molecular complexity index is 710. The largest absolute Gasteiger partial charge is 0.399 e. The number of nitrogens with two attached hydrogens (primary N) is 1. The third-order valence-electron chi connectivity index (χ3n) is 3.71. The zero-order valence-electron chi connectivity index (χ0n) is 11.1. The summed E-state index contributed by atoms with van der Waals surface area (Å²) in [5.41, 5.74) is 10.7. The van der Waals surface area contributed by atoms with E-state index < -0.39 is 0 Å². The minimum absolute atomic E-state index is 0.884. The molecule has 19 heavy (non-hydrogen) atoms. The molecule has 2 aromatic carbocycles. The number of para-hydroxylation sites is 1. The summed E-state index contributed by atoms with van der Waals surface area (Å²) in [5.74, 6) is 0. The van der Waals surface area contributed by atoms with Crippen LogP contribution in [0.4, 0.5) is 5.69 Å². The van der Waals surface area contributed by atoms with Crippen molar-refractivity contribution in [2.24, 2.45) is 0 Å². The van der Waals surface area contributed by atoms with Crippen molar-refractivity contribution in [3.05, 3.63) is 65.9 Å². The third kappa shape index (κ3) is 2.22. The number of hydrogen-bond donors (Lipinski definition) is 1. The van der Waals surface area contributed by atoms with Gasteiger partial charge >= 0.3 is 0 Å². The predicted octanol–water partition coefficient (Wildman–Crippen LogP) is 3.77. The molecular formula is C17H18N2. The minimum atomic E-state index is 0.884. The van der Waals surface area contributed by atoms with Crippen molar-refractivity contribution in [2.45, 2.75) is 19.9 Å². The molecule has 0 atom stereocenters. The van der Waals surface area contributed by atoms with Crippen LogP contribution in [0.2, 0.25) is 0 Å². The van der Waals surface area contributed by atoms with Gasteiger partial charge in [0.1, 0.15) is 0 Å². The van der Waals surface area contributed by atoms with Crippen molar-refractivity contribution in [1.29, 1.82) is 0 Å². The van der Waals surface area contributed by atoms with E-state index in [1.165, 1.54) is 22.0 Å². The van der Waals surface area contributed by atoms with Crippen LogP contribution in [0.1, 0.15) is 11.1 Å². The molecule has 0 radical (unpaired) electrons. The van der Waals surface area contributed by atoms with Crippen molar-refractivity contribution in [3.63, 3.8) is 0 Å². The van der Waals surface area contributed by atoms with Crippen molar-refractivity contribution in [1.82, 2.24) is 4.57 Å². The topological polar surface area (TPSA) is 30.9 Å². The van der Waals surface area contributed by atoms with E-state index in [1.807, 2.05) is 18.2 Å². The number of rotatable bonds is 3. The zero-order valence-corrected chi connectivity index (χ0v) is 11.1. The maximum Gasteiger partial charge on any atom is 0.0483 e. The second-order valence-corrected chi connectivity index (χ2v) is 4.97. The van der Waals surface area contributed by atoms with Gasteiger partial charge in [0.2, 0.25) is 0 Å². The Kier molecular flexibility index (Phi) is 3.00. The van der Waals surface area contributed by atoms with Crippen LogP contribution in [-0.4, -0.2) is 4.57 Å². The fourth-order valence-electron chi connectivity index (χ4n) is 2.58. The summed E-state index contributed by atoms with van der Waals surface area (Å²) >= 11 is 0. The molecule has 1 heterocycles. The summed E-state index contributed by atoms with van der Waals surface area (Å²) < 4.78 is 2.30. The highest BCUT2D eigenvalue weighted by atomic mass is 14.9. The summed E-state index contributed by atoms with van der Waals surface area (Å²) in [5, 5.41) is 1.34. The number of fused-ring (bicyclic) bond motifs is 1. The van der Waals surface area contributed by atoms with Crippen LogP contribution in [-0.2, 0) is 13.0 Å². The highest BCUT2D eigenvalue weighted by Crippen LogP contribution is 2.20. The van der Waals surface area contributed by atoms with E-state index in [2.05, 4.69) is 48.0 Å². The Morgan fingerprint density at radius 2 is 1.84 bits per heavy atom. The number of hydrogen-bond acceptors (Lipinski definition) is 1. The smallest absolute Gasteiger partial charge is 0.0483 e. The first kappa shape index (κ1) is 11.8. The molecule has 0 bridgehead atoms. The fourth-order valence-corrected chi connectivity index (χ4v) is 2.58. The first-order valence-electron chi connectivity index (χ1n) is 6.63. The number of anilines is 1. The molecule has 0 saturated carbocycles. The van der Waals surface area contributed by atoms with Gasteiger partial charge in [-0.25, -0.2) is 0 Å². The van der Waals surface area contributed by atoms with Crippen LogP contribution in [0.3, 0.4) is 0 Å². The van der Waals surface area contributed by atoms with Gasteiger partial charge in [-0.05, 0) is 42.7 Å². The molecule has 0 fully saturated rings. The summed E-state index contributed by atoms with van der Waals surface area (Å²) in [6.07, 6.45) is 3.13. The van der Waals surface area contributed by atoms with Crippen molar-refractivity contribution in [3.8, 4) is 0 Å². The number of benzene rings is 2. The van der Waals surface area contributed by atoms with Gasteiger partial charge in [0, 0.05) is 29.3 Å². The molecular weight excluding hydrogens is 232 g/mol. The van der Waals surface area contributed by atoms with Gasteiger partial charge in [-0.15, -0.1) is 0 Å².